The summed E-state index contributed by atoms with van der Waals surface area (Å²) < 4.78 is 22.7. The Hall–Kier alpha value is -2.35. The summed E-state index contributed by atoms with van der Waals surface area (Å²) in [5.41, 5.74) is 1.46. The molecule has 1 fully saturated rings. The molecule has 0 aromatic heterocycles. The third-order valence-corrected chi connectivity index (χ3v) is 4.88. The summed E-state index contributed by atoms with van der Waals surface area (Å²) >= 11 is 0. The fraction of sp³-hybridized carbons (Fsp3) is 0.471. The highest BCUT2D eigenvalue weighted by Gasteiger charge is 2.22. The Morgan fingerprint density at radius 2 is 1.80 bits per heavy atom. The standard InChI is InChI=1S/C17H22N2O5S/c1-2-3-10-19(16(17(21)22)25(23)24)14-6-4-13(5-7-14)18-11-8-15(20)9-12-18/h4-7H,2-3,8-12H2,1H3,(H,21,22). The van der Waals surface area contributed by atoms with Gasteiger partial charge in [-0.1, -0.05) is 13.3 Å². The van der Waals surface area contributed by atoms with Crippen molar-refractivity contribution in [2.45, 2.75) is 32.6 Å². The van der Waals surface area contributed by atoms with Gasteiger partial charge in [0.25, 0.3) is 0 Å². The molecule has 25 heavy (non-hydrogen) atoms. The van der Waals surface area contributed by atoms with Crippen molar-refractivity contribution in [3.8, 4) is 0 Å². The number of carbonyl (C=O) groups excluding carboxylic acids is 1. The van der Waals surface area contributed by atoms with Crippen LogP contribution in [0, 0.1) is 0 Å². The minimum atomic E-state index is -2.84. The summed E-state index contributed by atoms with van der Waals surface area (Å²) in [7, 11) is -2.84. The first kappa shape index (κ1) is 19.0. The van der Waals surface area contributed by atoms with Crippen molar-refractivity contribution in [1.29, 1.82) is 0 Å². The van der Waals surface area contributed by atoms with Gasteiger partial charge in [-0.25, -0.2) is 4.79 Å². The maximum Gasteiger partial charge on any atom is 0.368 e. The second kappa shape index (κ2) is 8.66. The molecule has 1 N–H and O–H groups in total. The van der Waals surface area contributed by atoms with E-state index in [2.05, 4.69) is 4.90 Å². The van der Waals surface area contributed by atoms with Crippen LogP contribution in [0.1, 0.15) is 32.6 Å². The molecule has 1 aliphatic rings. The molecule has 8 heteroatoms. The molecule has 0 amide bonds. The quantitative estimate of drug-likeness (QED) is 0.790. The number of nitrogens with zero attached hydrogens (tertiary/aromatic N) is 2. The van der Waals surface area contributed by atoms with E-state index >= 15 is 0 Å². The summed E-state index contributed by atoms with van der Waals surface area (Å²) in [6.45, 7) is 3.58. The number of benzene rings is 1. The lowest BCUT2D eigenvalue weighted by molar-refractivity contribution is -0.129. The summed E-state index contributed by atoms with van der Waals surface area (Å²) in [5.74, 6) is -1.21. The molecule has 0 atom stereocenters. The third-order valence-electron chi connectivity index (χ3n) is 4.17. The fourth-order valence-electron chi connectivity index (χ4n) is 2.80. The predicted molar refractivity (Wildman–Crippen MR) is 96.7 cm³/mol. The van der Waals surface area contributed by atoms with Gasteiger partial charge in [-0.2, -0.15) is 8.42 Å². The van der Waals surface area contributed by atoms with Crippen molar-refractivity contribution < 1.29 is 23.1 Å². The van der Waals surface area contributed by atoms with Gasteiger partial charge in [0.2, 0.25) is 15.3 Å². The molecule has 0 aliphatic carbocycles. The van der Waals surface area contributed by atoms with E-state index in [0.29, 0.717) is 44.6 Å². The number of rotatable bonds is 5. The molecule has 1 aromatic rings. The van der Waals surface area contributed by atoms with Gasteiger partial charge >= 0.3 is 5.97 Å². The van der Waals surface area contributed by atoms with Crippen LogP contribution in [0.15, 0.2) is 24.3 Å². The fourth-order valence-corrected chi connectivity index (χ4v) is 3.32. The third kappa shape index (κ3) is 4.82. The Kier molecular flexibility index (Phi) is 6.58. The first-order chi connectivity index (χ1) is 11.9. The number of hydrogen-bond acceptors (Lipinski definition) is 5. The Morgan fingerprint density at radius 3 is 2.28 bits per heavy atom. The Labute approximate surface area is 148 Å². The maximum absolute atomic E-state index is 11.4. The highest BCUT2D eigenvalue weighted by Crippen LogP contribution is 2.23. The minimum Gasteiger partial charge on any atom is -0.476 e. The molecule has 1 aliphatic heterocycles. The number of aliphatic carboxylic acids is 1. The Balaban J connectivity index is 2.27. The van der Waals surface area contributed by atoms with Gasteiger partial charge in [0.1, 0.15) is 5.78 Å². The lowest BCUT2D eigenvalue weighted by atomic mass is 10.1. The average molecular weight is 366 g/mol. The van der Waals surface area contributed by atoms with Crippen LogP contribution in [-0.2, 0) is 19.9 Å². The molecule has 136 valence electrons. The van der Waals surface area contributed by atoms with E-state index in [1.54, 1.807) is 12.1 Å². The normalized spacial score (nSPS) is 14.3. The number of hydrogen-bond donors (Lipinski definition) is 1. The van der Waals surface area contributed by atoms with Crippen LogP contribution < -0.4 is 9.80 Å². The largest absolute Gasteiger partial charge is 0.476 e. The number of Topliss-reactive ketones (excluding diaryl/α,β-unsaturated/α-hetero) is 1. The van der Waals surface area contributed by atoms with Crippen molar-refractivity contribution in [2.24, 2.45) is 0 Å². The topological polar surface area (TPSA) is 95.0 Å². The van der Waals surface area contributed by atoms with E-state index in [9.17, 15) is 23.1 Å². The number of carboxylic acid groups (broad SMARTS) is 1. The number of unbranched alkanes of at least 4 members (excludes halogenated alkanes) is 1. The second-order valence-electron chi connectivity index (χ2n) is 5.89. The zero-order valence-electron chi connectivity index (χ0n) is 14.1. The molecule has 0 unspecified atom stereocenters. The molecular weight excluding hydrogens is 344 g/mol. The van der Waals surface area contributed by atoms with E-state index in [-0.39, 0.29) is 5.78 Å². The number of ketones is 1. The first-order valence-corrected chi connectivity index (χ1v) is 9.35. The van der Waals surface area contributed by atoms with Crippen LogP contribution in [-0.4, -0.2) is 49.9 Å². The van der Waals surface area contributed by atoms with Gasteiger partial charge < -0.3 is 14.9 Å². The highest BCUT2D eigenvalue weighted by molar-refractivity contribution is 7.75. The van der Waals surface area contributed by atoms with E-state index in [0.717, 1.165) is 12.1 Å². The van der Waals surface area contributed by atoms with Crippen LogP contribution in [0.4, 0.5) is 11.4 Å². The molecule has 2 rings (SSSR count). The van der Waals surface area contributed by atoms with E-state index in [1.807, 2.05) is 19.1 Å². The zero-order chi connectivity index (χ0) is 18.4. The van der Waals surface area contributed by atoms with E-state index in [4.69, 9.17) is 0 Å². The minimum absolute atomic E-state index is 0.261. The smallest absolute Gasteiger partial charge is 0.368 e. The Bertz CT molecular complexity index is 753. The van der Waals surface area contributed by atoms with Gasteiger partial charge in [-0.05, 0) is 30.7 Å². The van der Waals surface area contributed by atoms with Gasteiger partial charge in [-0.15, -0.1) is 0 Å². The molecule has 7 nitrogen and oxygen atoms in total. The Morgan fingerprint density at radius 1 is 1.20 bits per heavy atom. The van der Waals surface area contributed by atoms with Crippen LogP contribution in [0.3, 0.4) is 0 Å². The molecule has 0 bridgehead atoms. The van der Waals surface area contributed by atoms with Crippen molar-refractivity contribution in [1.82, 2.24) is 0 Å². The first-order valence-electron chi connectivity index (χ1n) is 8.27. The van der Waals surface area contributed by atoms with Crippen molar-refractivity contribution >= 4 is 38.4 Å². The summed E-state index contributed by atoms with van der Waals surface area (Å²) in [5, 5.41) is 9.25. The molecule has 0 saturated carbocycles. The second-order valence-corrected chi connectivity index (χ2v) is 6.75. The summed E-state index contributed by atoms with van der Waals surface area (Å²) in [4.78, 5) is 25.5. The number of carbonyl (C=O) groups is 2. The maximum atomic E-state index is 11.4. The van der Waals surface area contributed by atoms with E-state index < -0.39 is 21.3 Å². The summed E-state index contributed by atoms with van der Waals surface area (Å²) in [6.07, 6.45) is 2.53. The van der Waals surface area contributed by atoms with Crippen LogP contribution in [0.5, 0.6) is 0 Å². The number of piperidine rings is 1. The van der Waals surface area contributed by atoms with E-state index in [1.165, 1.54) is 4.90 Å². The molecule has 1 saturated heterocycles. The molecule has 1 heterocycles. The van der Waals surface area contributed by atoms with Gasteiger partial charge in [0, 0.05) is 43.9 Å². The SMILES string of the molecule is CCCCN(C(C(=O)O)=S(=O)=O)c1ccc(N2CCC(=O)CC2)cc1. The van der Waals surface area contributed by atoms with Crippen LogP contribution in [0.25, 0.3) is 0 Å². The van der Waals surface area contributed by atoms with Crippen molar-refractivity contribution in [3.63, 3.8) is 0 Å². The van der Waals surface area contributed by atoms with Crippen LogP contribution >= 0.6 is 0 Å². The lowest BCUT2D eigenvalue weighted by Crippen LogP contribution is -2.38. The average Bonchev–Trinajstić information content (AvgIpc) is 2.58. The van der Waals surface area contributed by atoms with Crippen molar-refractivity contribution in [3.05, 3.63) is 24.3 Å². The van der Waals surface area contributed by atoms with Gasteiger partial charge in [0.05, 0.1) is 0 Å². The molecule has 0 radical (unpaired) electrons. The highest BCUT2D eigenvalue weighted by atomic mass is 32.2. The van der Waals surface area contributed by atoms with Crippen LogP contribution in [0.2, 0.25) is 0 Å². The zero-order valence-corrected chi connectivity index (χ0v) is 15.0. The van der Waals surface area contributed by atoms with Gasteiger partial charge in [0.15, 0.2) is 0 Å². The summed E-state index contributed by atoms with van der Waals surface area (Å²) in [6, 6.07) is 7.10. The van der Waals surface area contributed by atoms with Gasteiger partial charge in [-0.3, -0.25) is 4.79 Å². The molecular formula is C17H22N2O5S. The van der Waals surface area contributed by atoms with Crippen molar-refractivity contribution in [2.75, 3.05) is 29.4 Å². The number of carboxylic acids is 1. The molecule has 1 aromatic carbocycles. The predicted octanol–water partition coefficient (Wildman–Crippen LogP) is 1.56. The lowest BCUT2D eigenvalue weighted by Gasteiger charge is -2.29. The number of anilines is 2. The molecule has 0 spiro atoms. The monoisotopic (exact) mass is 366 g/mol.